The number of aryl methyl sites for hydroxylation is 1. The molecule has 0 bridgehead atoms. The highest BCUT2D eigenvalue weighted by atomic mass is 32.1. The molecule has 5 rings (SSSR count). The van der Waals surface area contributed by atoms with E-state index in [0.29, 0.717) is 36.6 Å². The molecule has 3 aliphatic heterocycles. The van der Waals surface area contributed by atoms with E-state index in [2.05, 4.69) is 39.2 Å². The van der Waals surface area contributed by atoms with E-state index in [-0.39, 0.29) is 24.0 Å². The zero-order valence-corrected chi connectivity index (χ0v) is 22.4. The molecule has 196 valence electrons. The molecule has 1 unspecified atom stereocenters. The van der Waals surface area contributed by atoms with Crippen LogP contribution in [0.15, 0.2) is 5.38 Å². The quantitative estimate of drug-likeness (QED) is 0.631. The second kappa shape index (κ2) is 10.5. The molecule has 2 N–H and O–H groups in total. The van der Waals surface area contributed by atoms with Gasteiger partial charge in [-0.2, -0.15) is 5.10 Å². The van der Waals surface area contributed by atoms with Crippen LogP contribution >= 0.6 is 11.3 Å². The molecule has 0 radical (unpaired) electrons. The molecule has 11 heteroatoms. The largest absolute Gasteiger partial charge is 0.381 e. The molecule has 36 heavy (non-hydrogen) atoms. The van der Waals surface area contributed by atoms with Gasteiger partial charge in [0.05, 0.1) is 23.3 Å². The van der Waals surface area contributed by atoms with E-state index in [0.717, 1.165) is 61.8 Å². The zero-order chi connectivity index (χ0) is 25.4. The Kier molecular flexibility index (Phi) is 7.32. The summed E-state index contributed by atoms with van der Waals surface area (Å²) in [7, 11) is 0. The van der Waals surface area contributed by atoms with E-state index < -0.39 is 0 Å². The number of amides is 3. The van der Waals surface area contributed by atoms with Crippen molar-refractivity contribution in [2.24, 2.45) is 5.92 Å². The highest BCUT2D eigenvalue weighted by molar-refractivity contribution is 7.09. The van der Waals surface area contributed by atoms with Crippen molar-refractivity contribution in [1.29, 1.82) is 0 Å². The van der Waals surface area contributed by atoms with Gasteiger partial charge < -0.3 is 19.9 Å². The van der Waals surface area contributed by atoms with Crippen LogP contribution < -0.4 is 5.32 Å². The molecule has 3 atom stereocenters. The Labute approximate surface area is 216 Å². The smallest absolute Gasteiger partial charge is 0.321 e. The van der Waals surface area contributed by atoms with Crippen LogP contribution in [0.25, 0.3) is 0 Å². The lowest BCUT2D eigenvalue weighted by atomic mass is 9.97. The maximum absolute atomic E-state index is 13.7. The fraction of sp³-hybridized carbons (Fsp3) is 0.680. The molecule has 5 heterocycles. The number of rotatable bonds is 5. The number of nitrogens with one attached hydrogen (secondary N) is 2. The molecule has 0 saturated carbocycles. The lowest BCUT2D eigenvalue weighted by Crippen LogP contribution is -2.60. The van der Waals surface area contributed by atoms with E-state index in [9.17, 15) is 9.59 Å². The van der Waals surface area contributed by atoms with Crippen molar-refractivity contribution < 1.29 is 14.3 Å². The number of H-pyrrole nitrogens is 1. The number of nitrogens with zero attached hydrogens (tertiary/aromatic N) is 5. The van der Waals surface area contributed by atoms with Crippen molar-refractivity contribution in [3.05, 3.63) is 27.3 Å². The number of carbonyl (C=O) groups excluding carboxylic acids is 2. The third kappa shape index (κ3) is 4.88. The molecular weight excluding hydrogens is 478 g/mol. The van der Waals surface area contributed by atoms with Crippen LogP contribution in [0.1, 0.15) is 73.3 Å². The van der Waals surface area contributed by atoms with Crippen LogP contribution in [0.2, 0.25) is 0 Å². The summed E-state index contributed by atoms with van der Waals surface area (Å²) >= 11 is 1.48. The number of aromatic nitrogens is 3. The molecule has 0 spiro atoms. The predicted octanol–water partition coefficient (Wildman–Crippen LogP) is 3.50. The minimum Gasteiger partial charge on any atom is -0.381 e. The van der Waals surface area contributed by atoms with Crippen molar-refractivity contribution in [2.45, 2.75) is 71.6 Å². The fourth-order valence-corrected chi connectivity index (χ4v) is 6.30. The number of aromatic amines is 1. The van der Waals surface area contributed by atoms with Gasteiger partial charge in [-0.1, -0.05) is 6.92 Å². The van der Waals surface area contributed by atoms with Crippen molar-refractivity contribution in [1.82, 2.24) is 29.9 Å². The van der Waals surface area contributed by atoms with Crippen LogP contribution in [0.3, 0.4) is 0 Å². The summed E-state index contributed by atoms with van der Waals surface area (Å²) in [5.41, 5.74) is 2.15. The number of ether oxygens (including phenoxy) is 1. The lowest BCUT2D eigenvalue weighted by molar-refractivity contribution is 0.0127. The number of fused-ring (bicyclic) bond motifs is 1. The number of thiazole rings is 1. The van der Waals surface area contributed by atoms with E-state index in [1.807, 2.05) is 23.6 Å². The monoisotopic (exact) mass is 515 g/mol. The summed E-state index contributed by atoms with van der Waals surface area (Å²) in [6, 6.07) is 0.349. The van der Waals surface area contributed by atoms with Crippen molar-refractivity contribution in [3.8, 4) is 0 Å². The minimum absolute atomic E-state index is 0.0431. The fourth-order valence-electron chi connectivity index (χ4n) is 5.58. The van der Waals surface area contributed by atoms with E-state index in [4.69, 9.17) is 4.74 Å². The first-order chi connectivity index (χ1) is 17.4. The summed E-state index contributed by atoms with van der Waals surface area (Å²) in [5.74, 6) is 0.880. The van der Waals surface area contributed by atoms with Crippen molar-refractivity contribution >= 4 is 29.1 Å². The molecule has 0 aliphatic carbocycles. The molecule has 3 aliphatic rings. The third-order valence-corrected chi connectivity index (χ3v) is 8.86. The zero-order valence-electron chi connectivity index (χ0n) is 21.6. The number of hydrogen-bond acceptors (Lipinski definition) is 7. The van der Waals surface area contributed by atoms with Gasteiger partial charge in [0, 0.05) is 55.9 Å². The second-order valence-corrected chi connectivity index (χ2v) is 11.3. The number of anilines is 1. The molecule has 2 aromatic heterocycles. The summed E-state index contributed by atoms with van der Waals surface area (Å²) < 4.78 is 5.52. The van der Waals surface area contributed by atoms with E-state index >= 15 is 0 Å². The maximum atomic E-state index is 13.7. The molecule has 10 nitrogen and oxygen atoms in total. The lowest BCUT2D eigenvalue weighted by Gasteiger charge is -2.46. The van der Waals surface area contributed by atoms with Crippen LogP contribution in [0.4, 0.5) is 10.6 Å². The summed E-state index contributed by atoms with van der Waals surface area (Å²) in [5, 5.41) is 13.0. The normalized spacial score (nSPS) is 25.3. The molecule has 0 aromatic carbocycles. The van der Waals surface area contributed by atoms with Crippen LogP contribution in [-0.2, 0) is 17.7 Å². The number of piperazine rings is 1. The van der Waals surface area contributed by atoms with Gasteiger partial charge in [0.15, 0.2) is 5.82 Å². The number of urea groups is 1. The van der Waals surface area contributed by atoms with Gasteiger partial charge in [0.25, 0.3) is 5.91 Å². The molecular formula is C25H37N7O3S. The highest BCUT2D eigenvalue weighted by Gasteiger charge is 2.41. The van der Waals surface area contributed by atoms with Gasteiger partial charge in [0.2, 0.25) is 0 Å². The highest BCUT2D eigenvalue weighted by Crippen LogP contribution is 2.37. The van der Waals surface area contributed by atoms with E-state index in [1.165, 1.54) is 11.3 Å². The van der Waals surface area contributed by atoms with Gasteiger partial charge in [-0.25, -0.2) is 9.78 Å². The molecule has 2 fully saturated rings. The average molecular weight is 516 g/mol. The Balaban J connectivity index is 1.22. The Hall–Kier alpha value is -2.50. The molecule has 2 aromatic rings. The summed E-state index contributed by atoms with van der Waals surface area (Å²) in [4.78, 5) is 37.2. The molecule has 3 amide bonds. The SMILES string of the molecule is CCc1nc(C(=O)Nc2n[nH]c3c2CN(C(=O)N2C[C@@H](C)N(CC4CCOCC4)C[C@@H]2C)C3C)cs1. The molecule has 2 saturated heterocycles. The predicted molar refractivity (Wildman–Crippen MR) is 138 cm³/mol. The average Bonchev–Trinajstić information content (AvgIpc) is 3.59. The maximum Gasteiger partial charge on any atom is 0.321 e. The van der Waals surface area contributed by atoms with Gasteiger partial charge >= 0.3 is 6.03 Å². The summed E-state index contributed by atoms with van der Waals surface area (Å²) in [6.07, 6.45) is 3.04. The van der Waals surface area contributed by atoms with Gasteiger partial charge in [-0.15, -0.1) is 11.3 Å². The van der Waals surface area contributed by atoms with Crippen molar-refractivity contribution in [3.63, 3.8) is 0 Å². The van der Waals surface area contributed by atoms with Crippen molar-refractivity contribution in [2.75, 3.05) is 38.2 Å². The van der Waals surface area contributed by atoms with Crippen LogP contribution in [0.5, 0.6) is 0 Å². The topological polar surface area (TPSA) is 107 Å². The minimum atomic E-state index is -0.277. The number of hydrogen-bond donors (Lipinski definition) is 2. The Morgan fingerprint density at radius 1 is 1.17 bits per heavy atom. The van der Waals surface area contributed by atoms with Crippen LogP contribution in [0, 0.1) is 5.92 Å². The standard InChI is InChI=1S/C25H37N7O3S/c1-5-21-26-20(14-36-21)24(33)27-23-19-13-32(17(4)22(19)28-29-23)25(34)31-11-15(2)30(10-16(31)3)12-18-6-8-35-9-7-18/h14-18H,5-13H2,1-4H3,(H2,27,28,29,33)/t15-,16+,17?/m1/s1. The Bertz CT molecular complexity index is 1100. The Morgan fingerprint density at radius 2 is 1.94 bits per heavy atom. The van der Waals surface area contributed by atoms with Gasteiger partial charge in [-0.05, 0) is 46.0 Å². The van der Waals surface area contributed by atoms with Gasteiger partial charge in [-0.3, -0.25) is 14.8 Å². The summed E-state index contributed by atoms with van der Waals surface area (Å²) in [6.45, 7) is 13.2. The first-order valence-corrected chi connectivity index (χ1v) is 14.0. The number of carbonyl (C=O) groups is 2. The Morgan fingerprint density at radius 3 is 2.67 bits per heavy atom. The van der Waals surface area contributed by atoms with Gasteiger partial charge in [0.1, 0.15) is 5.69 Å². The first-order valence-electron chi connectivity index (χ1n) is 13.1. The third-order valence-electron chi connectivity index (χ3n) is 7.87. The second-order valence-electron chi connectivity index (χ2n) is 10.3. The van der Waals surface area contributed by atoms with Crippen LogP contribution in [-0.4, -0.2) is 86.8 Å². The first kappa shape index (κ1) is 25.2. The van der Waals surface area contributed by atoms with E-state index in [1.54, 1.807) is 5.38 Å².